The van der Waals surface area contributed by atoms with E-state index in [9.17, 15) is 0 Å². The number of rotatable bonds is 5. The Kier molecular flexibility index (Phi) is 7.71. The van der Waals surface area contributed by atoms with Gasteiger partial charge in [-0.25, -0.2) is 0 Å². The van der Waals surface area contributed by atoms with Crippen LogP contribution < -0.4 is 5.32 Å². The van der Waals surface area contributed by atoms with E-state index in [2.05, 4.69) is 18.5 Å². The first kappa shape index (κ1) is 11.6. The van der Waals surface area contributed by atoms with E-state index in [1.165, 1.54) is 5.54 Å². The molecule has 0 amide bonds. The third kappa shape index (κ3) is 7.01. The molecule has 0 spiro atoms. The molecule has 1 N–H and O–H groups in total. The maximum absolute atomic E-state index is 5.67. The van der Waals surface area contributed by atoms with Gasteiger partial charge in [0.25, 0.3) is 0 Å². The molecule has 0 radical (unpaired) electrons. The van der Waals surface area contributed by atoms with Gasteiger partial charge in [-0.05, 0) is 13.2 Å². The Labute approximate surface area is 82.5 Å². The highest BCUT2D eigenvalue weighted by molar-refractivity contribution is 7.98. The van der Waals surface area contributed by atoms with Crippen molar-refractivity contribution in [1.82, 2.24) is 5.32 Å². The Hall–Kier alpha value is 0.630. The third-order valence-electron chi connectivity index (χ3n) is 1.15. The molecule has 4 heteroatoms. The van der Waals surface area contributed by atoms with Crippen LogP contribution in [0.1, 0.15) is 6.92 Å². The van der Waals surface area contributed by atoms with E-state index in [-0.39, 0.29) is 0 Å². The third-order valence-corrected chi connectivity index (χ3v) is 2.61. The molecule has 1 atom stereocenters. The molecule has 1 nitrogen and oxygen atoms in total. The van der Waals surface area contributed by atoms with Crippen LogP contribution in [0.25, 0.3) is 0 Å². The first-order valence-electron chi connectivity index (χ1n) is 3.37. The molecule has 11 heavy (non-hydrogen) atoms. The first-order chi connectivity index (χ1) is 5.20. The van der Waals surface area contributed by atoms with Crippen molar-refractivity contribution in [3.8, 4) is 0 Å². The molecule has 0 aromatic rings. The fourth-order valence-electron chi connectivity index (χ4n) is 0.619. The van der Waals surface area contributed by atoms with Crippen molar-refractivity contribution in [2.45, 2.75) is 13.0 Å². The molecule has 0 aromatic heterocycles. The molecule has 0 aliphatic rings. The summed E-state index contributed by atoms with van der Waals surface area (Å²) in [5.41, 5.74) is 1.39. The van der Waals surface area contributed by atoms with Gasteiger partial charge in [0.1, 0.15) is 0 Å². The SMILES string of the molecule is CSCC(C)NCC(Cl)=CCl. The number of halogens is 2. The van der Waals surface area contributed by atoms with Crippen molar-refractivity contribution in [3.63, 3.8) is 0 Å². The van der Waals surface area contributed by atoms with Crippen LogP contribution in [0.15, 0.2) is 10.6 Å². The van der Waals surface area contributed by atoms with Crippen LogP contribution >= 0.6 is 35.0 Å². The summed E-state index contributed by atoms with van der Waals surface area (Å²) in [6.45, 7) is 2.78. The predicted molar refractivity (Wildman–Crippen MR) is 55.6 cm³/mol. The van der Waals surface area contributed by atoms with E-state index in [0.717, 1.165) is 5.75 Å². The molecule has 0 saturated heterocycles. The molecule has 0 aliphatic heterocycles. The van der Waals surface area contributed by atoms with E-state index >= 15 is 0 Å². The average molecular weight is 214 g/mol. The molecule has 0 fully saturated rings. The largest absolute Gasteiger partial charge is 0.308 e. The van der Waals surface area contributed by atoms with Crippen LogP contribution in [0.3, 0.4) is 0 Å². The second-order valence-electron chi connectivity index (χ2n) is 2.29. The summed E-state index contributed by atoms with van der Waals surface area (Å²) >= 11 is 12.9. The van der Waals surface area contributed by atoms with Crippen LogP contribution in [0, 0.1) is 0 Å². The normalized spacial score (nSPS) is 15.1. The van der Waals surface area contributed by atoms with Crippen LogP contribution in [-0.4, -0.2) is 24.6 Å². The fourth-order valence-corrected chi connectivity index (χ4v) is 1.39. The molecule has 0 bridgehead atoms. The van der Waals surface area contributed by atoms with Crippen molar-refractivity contribution in [2.75, 3.05) is 18.6 Å². The Balaban J connectivity index is 3.37. The van der Waals surface area contributed by atoms with Crippen LogP contribution in [0.5, 0.6) is 0 Å². The lowest BCUT2D eigenvalue weighted by Crippen LogP contribution is -2.29. The second kappa shape index (κ2) is 7.29. The molecule has 0 heterocycles. The number of nitrogens with one attached hydrogen (secondary N) is 1. The van der Waals surface area contributed by atoms with Gasteiger partial charge in [0, 0.05) is 28.9 Å². The number of hydrogen-bond acceptors (Lipinski definition) is 2. The molecule has 0 aromatic carbocycles. The lowest BCUT2D eigenvalue weighted by Gasteiger charge is -2.10. The molecule has 0 rings (SSSR count). The van der Waals surface area contributed by atoms with Gasteiger partial charge in [-0.2, -0.15) is 11.8 Å². The molecular formula is C7H13Cl2NS. The van der Waals surface area contributed by atoms with Crippen molar-refractivity contribution in [3.05, 3.63) is 10.6 Å². The highest BCUT2D eigenvalue weighted by Crippen LogP contribution is 2.02. The minimum Gasteiger partial charge on any atom is -0.308 e. The molecule has 0 saturated carbocycles. The van der Waals surface area contributed by atoms with Gasteiger partial charge in [0.15, 0.2) is 0 Å². The molecule has 0 aliphatic carbocycles. The standard InChI is InChI=1S/C7H13Cl2NS/c1-6(5-11-2)10-4-7(9)3-8/h3,6,10H,4-5H2,1-2H3. The Morgan fingerprint density at radius 1 is 1.73 bits per heavy atom. The quantitative estimate of drug-likeness (QED) is 0.755. The second-order valence-corrected chi connectivity index (χ2v) is 3.91. The van der Waals surface area contributed by atoms with E-state index in [1.807, 2.05) is 11.8 Å². The van der Waals surface area contributed by atoms with E-state index in [1.54, 1.807) is 0 Å². The molecule has 66 valence electrons. The summed E-state index contributed by atoms with van der Waals surface area (Å²) in [5, 5.41) is 3.88. The summed E-state index contributed by atoms with van der Waals surface area (Å²) in [7, 11) is 0. The van der Waals surface area contributed by atoms with Gasteiger partial charge in [0.2, 0.25) is 0 Å². The minimum absolute atomic E-state index is 0.482. The maximum atomic E-state index is 5.67. The Morgan fingerprint density at radius 2 is 2.36 bits per heavy atom. The summed E-state index contributed by atoms with van der Waals surface area (Å²) in [5.74, 6) is 1.09. The van der Waals surface area contributed by atoms with Crippen molar-refractivity contribution in [2.24, 2.45) is 0 Å². The van der Waals surface area contributed by atoms with E-state index in [0.29, 0.717) is 17.6 Å². The van der Waals surface area contributed by atoms with Crippen molar-refractivity contribution in [1.29, 1.82) is 0 Å². The summed E-state index contributed by atoms with van der Waals surface area (Å²) in [6.07, 6.45) is 2.08. The highest BCUT2D eigenvalue weighted by atomic mass is 35.5. The Bertz CT molecular complexity index is 128. The lowest BCUT2D eigenvalue weighted by molar-refractivity contribution is 0.638. The van der Waals surface area contributed by atoms with Crippen LogP contribution in [0.2, 0.25) is 0 Å². The van der Waals surface area contributed by atoms with Gasteiger partial charge in [-0.15, -0.1) is 0 Å². The Morgan fingerprint density at radius 3 is 2.82 bits per heavy atom. The fraction of sp³-hybridized carbons (Fsp3) is 0.714. The average Bonchev–Trinajstić information content (AvgIpc) is 2.01. The van der Waals surface area contributed by atoms with Crippen molar-refractivity contribution < 1.29 is 0 Å². The smallest absolute Gasteiger partial charge is 0.0432 e. The van der Waals surface area contributed by atoms with Crippen LogP contribution in [-0.2, 0) is 0 Å². The zero-order valence-electron chi connectivity index (χ0n) is 6.73. The van der Waals surface area contributed by atoms with E-state index in [4.69, 9.17) is 23.2 Å². The van der Waals surface area contributed by atoms with Gasteiger partial charge >= 0.3 is 0 Å². The minimum atomic E-state index is 0.482. The maximum Gasteiger partial charge on any atom is 0.0432 e. The molecular weight excluding hydrogens is 201 g/mol. The van der Waals surface area contributed by atoms with E-state index < -0.39 is 0 Å². The summed E-state index contributed by atoms with van der Waals surface area (Å²) < 4.78 is 0. The number of hydrogen-bond donors (Lipinski definition) is 1. The van der Waals surface area contributed by atoms with Gasteiger partial charge in [-0.1, -0.05) is 23.2 Å². The molecule has 1 unspecified atom stereocenters. The zero-order valence-corrected chi connectivity index (χ0v) is 9.06. The summed E-state index contributed by atoms with van der Waals surface area (Å²) in [6, 6.07) is 0.482. The highest BCUT2D eigenvalue weighted by Gasteiger charge is 1.99. The van der Waals surface area contributed by atoms with Crippen LogP contribution in [0.4, 0.5) is 0 Å². The van der Waals surface area contributed by atoms with Gasteiger partial charge in [-0.3, -0.25) is 0 Å². The van der Waals surface area contributed by atoms with Gasteiger partial charge in [0.05, 0.1) is 0 Å². The predicted octanol–water partition coefficient (Wildman–Crippen LogP) is 2.65. The summed E-state index contributed by atoms with van der Waals surface area (Å²) in [4.78, 5) is 0. The first-order valence-corrected chi connectivity index (χ1v) is 5.58. The zero-order chi connectivity index (χ0) is 8.69. The topological polar surface area (TPSA) is 12.0 Å². The van der Waals surface area contributed by atoms with Crippen molar-refractivity contribution >= 4 is 35.0 Å². The monoisotopic (exact) mass is 213 g/mol. The lowest BCUT2D eigenvalue weighted by atomic mass is 10.4. The van der Waals surface area contributed by atoms with Gasteiger partial charge < -0.3 is 5.32 Å². The number of thioether (sulfide) groups is 1.